The molecule has 4 nitrogen and oxygen atoms in total. The standard InChI is InChI=1S/C24H30N2O2/c1-3-17-9-5-7-11-21(17)25-23(27)19-13-15-20(16-14-19)24(28)26-22-12-8-6-10-18(22)4-2/h5-12,19-20H,3-4,13-16H2,1-2H3,(H,25,27)(H,26,28). The number of para-hydroxylation sites is 2. The van der Waals surface area contributed by atoms with Crippen LogP contribution in [0.1, 0.15) is 50.7 Å². The number of rotatable bonds is 6. The van der Waals surface area contributed by atoms with Crippen molar-refractivity contribution in [1.29, 1.82) is 0 Å². The smallest absolute Gasteiger partial charge is 0.227 e. The van der Waals surface area contributed by atoms with Crippen molar-refractivity contribution in [2.75, 3.05) is 10.6 Å². The van der Waals surface area contributed by atoms with E-state index in [0.717, 1.165) is 61.0 Å². The SMILES string of the molecule is CCc1ccccc1NC(=O)C1CCC(C(=O)Nc2ccccc2CC)CC1. The number of amides is 2. The lowest BCUT2D eigenvalue weighted by atomic mass is 9.81. The molecular weight excluding hydrogens is 348 g/mol. The van der Waals surface area contributed by atoms with Crippen molar-refractivity contribution in [3.05, 3.63) is 59.7 Å². The van der Waals surface area contributed by atoms with Crippen molar-refractivity contribution in [3.8, 4) is 0 Å². The Morgan fingerprint density at radius 1 is 0.714 bits per heavy atom. The van der Waals surface area contributed by atoms with Crippen LogP contribution in [0.15, 0.2) is 48.5 Å². The van der Waals surface area contributed by atoms with Crippen LogP contribution < -0.4 is 10.6 Å². The van der Waals surface area contributed by atoms with Crippen LogP contribution in [0, 0.1) is 11.8 Å². The lowest BCUT2D eigenvalue weighted by Crippen LogP contribution is -2.32. The third kappa shape index (κ3) is 4.80. The first kappa shape index (κ1) is 20.1. The number of carbonyl (C=O) groups is 2. The predicted octanol–water partition coefficient (Wildman–Crippen LogP) is 5.20. The van der Waals surface area contributed by atoms with Crippen LogP contribution in [-0.2, 0) is 22.4 Å². The van der Waals surface area contributed by atoms with Gasteiger partial charge in [0.05, 0.1) is 0 Å². The number of hydrogen-bond donors (Lipinski definition) is 2. The molecule has 0 aliphatic heterocycles. The Bertz CT molecular complexity index is 753. The summed E-state index contributed by atoms with van der Waals surface area (Å²) in [5, 5.41) is 6.18. The third-order valence-corrected chi connectivity index (χ3v) is 5.78. The average molecular weight is 379 g/mol. The van der Waals surface area contributed by atoms with Crippen LogP contribution in [0.2, 0.25) is 0 Å². The van der Waals surface area contributed by atoms with E-state index in [9.17, 15) is 9.59 Å². The van der Waals surface area contributed by atoms with Gasteiger partial charge in [0.25, 0.3) is 0 Å². The monoisotopic (exact) mass is 378 g/mol. The second-order valence-electron chi connectivity index (χ2n) is 7.55. The van der Waals surface area contributed by atoms with E-state index in [0.29, 0.717) is 0 Å². The molecule has 2 amide bonds. The minimum Gasteiger partial charge on any atom is -0.326 e. The summed E-state index contributed by atoms with van der Waals surface area (Å²) < 4.78 is 0. The van der Waals surface area contributed by atoms with Crippen molar-refractivity contribution in [2.24, 2.45) is 11.8 Å². The molecule has 0 bridgehead atoms. The first-order valence-electron chi connectivity index (χ1n) is 10.4. The van der Waals surface area contributed by atoms with Crippen LogP contribution in [0.4, 0.5) is 11.4 Å². The zero-order valence-electron chi connectivity index (χ0n) is 16.8. The molecule has 0 radical (unpaired) electrons. The Kier molecular flexibility index (Phi) is 6.85. The maximum absolute atomic E-state index is 12.7. The molecule has 2 aromatic carbocycles. The molecule has 1 aliphatic rings. The third-order valence-electron chi connectivity index (χ3n) is 5.78. The number of benzene rings is 2. The van der Waals surface area contributed by atoms with Gasteiger partial charge >= 0.3 is 0 Å². The summed E-state index contributed by atoms with van der Waals surface area (Å²) >= 11 is 0. The van der Waals surface area contributed by atoms with Crippen molar-refractivity contribution >= 4 is 23.2 Å². The zero-order valence-corrected chi connectivity index (χ0v) is 16.8. The highest BCUT2D eigenvalue weighted by molar-refractivity contribution is 5.95. The zero-order chi connectivity index (χ0) is 19.9. The summed E-state index contributed by atoms with van der Waals surface area (Å²) in [5.74, 6) is 0.126. The number of carbonyl (C=O) groups excluding carboxylic acids is 2. The van der Waals surface area contributed by atoms with E-state index < -0.39 is 0 Å². The van der Waals surface area contributed by atoms with Gasteiger partial charge in [0.1, 0.15) is 0 Å². The minimum atomic E-state index is -0.0168. The van der Waals surface area contributed by atoms with Crippen LogP contribution in [0.5, 0.6) is 0 Å². The largest absolute Gasteiger partial charge is 0.326 e. The van der Waals surface area contributed by atoms with Gasteiger partial charge in [-0.25, -0.2) is 0 Å². The van der Waals surface area contributed by atoms with Crippen LogP contribution in [-0.4, -0.2) is 11.8 Å². The van der Waals surface area contributed by atoms with E-state index in [1.54, 1.807) is 0 Å². The van der Waals surface area contributed by atoms with E-state index in [1.807, 2.05) is 48.5 Å². The first-order chi connectivity index (χ1) is 13.6. The van der Waals surface area contributed by atoms with Gasteiger partial charge in [-0.2, -0.15) is 0 Å². The second-order valence-corrected chi connectivity index (χ2v) is 7.55. The van der Waals surface area contributed by atoms with Crippen LogP contribution >= 0.6 is 0 Å². The van der Waals surface area contributed by atoms with E-state index in [4.69, 9.17) is 0 Å². The van der Waals surface area contributed by atoms with Gasteiger partial charge < -0.3 is 10.6 Å². The Balaban J connectivity index is 1.53. The van der Waals surface area contributed by atoms with Crippen molar-refractivity contribution in [3.63, 3.8) is 0 Å². The molecule has 0 saturated heterocycles. The molecule has 3 rings (SSSR count). The molecule has 0 unspecified atom stereocenters. The first-order valence-corrected chi connectivity index (χ1v) is 10.4. The molecule has 4 heteroatoms. The molecular formula is C24H30N2O2. The molecule has 0 atom stereocenters. The Morgan fingerprint density at radius 3 is 1.43 bits per heavy atom. The lowest BCUT2D eigenvalue weighted by Gasteiger charge is -2.27. The number of anilines is 2. The van der Waals surface area contributed by atoms with Crippen molar-refractivity contribution in [1.82, 2.24) is 0 Å². The van der Waals surface area contributed by atoms with Crippen molar-refractivity contribution < 1.29 is 9.59 Å². The molecule has 0 heterocycles. The average Bonchev–Trinajstić information content (AvgIpc) is 2.74. The quantitative estimate of drug-likeness (QED) is 0.726. The summed E-state index contributed by atoms with van der Waals surface area (Å²) in [4.78, 5) is 25.4. The molecule has 0 spiro atoms. The number of nitrogens with one attached hydrogen (secondary N) is 2. The van der Waals surface area contributed by atoms with Crippen molar-refractivity contribution in [2.45, 2.75) is 52.4 Å². The normalized spacial score (nSPS) is 19.1. The molecule has 0 aromatic heterocycles. The van der Waals surface area contributed by atoms with Gasteiger partial charge in [0.15, 0.2) is 0 Å². The van der Waals surface area contributed by atoms with Gasteiger partial charge in [-0.3, -0.25) is 9.59 Å². The molecule has 1 fully saturated rings. The second kappa shape index (κ2) is 9.54. The molecule has 2 aromatic rings. The fourth-order valence-electron chi connectivity index (χ4n) is 3.99. The fourth-order valence-corrected chi connectivity index (χ4v) is 3.99. The van der Waals surface area contributed by atoms with Crippen LogP contribution in [0.3, 0.4) is 0 Å². The Hall–Kier alpha value is -2.62. The number of hydrogen-bond acceptors (Lipinski definition) is 2. The van der Waals surface area contributed by atoms with Gasteiger partial charge in [0, 0.05) is 23.2 Å². The molecule has 2 N–H and O–H groups in total. The summed E-state index contributed by atoms with van der Waals surface area (Å²) in [6.07, 6.45) is 4.81. The molecule has 1 aliphatic carbocycles. The van der Waals surface area contributed by atoms with E-state index in [2.05, 4.69) is 24.5 Å². The molecule has 28 heavy (non-hydrogen) atoms. The maximum atomic E-state index is 12.7. The van der Waals surface area contributed by atoms with E-state index in [1.165, 1.54) is 0 Å². The molecule has 1 saturated carbocycles. The Morgan fingerprint density at radius 2 is 1.07 bits per heavy atom. The maximum Gasteiger partial charge on any atom is 0.227 e. The van der Waals surface area contributed by atoms with E-state index in [-0.39, 0.29) is 23.7 Å². The van der Waals surface area contributed by atoms with Crippen LogP contribution in [0.25, 0.3) is 0 Å². The Labute approximate surface area is 167 Å². The molecule has 148 valence electrons. The van der Waals surface area contributed by atoms with Gasteiger partial charge in [-0.15, -0.1) is 0 Å². The summed E-state index contributed by atoms with van der Waals surface area (Å²) in [5.41, 5.74) is 4.12. The summed E-state index contributed by atoms with van der Waals surface area (Å²) in [7, 11) is 0. The van der Waals surface area contributed by atoms with Gasteiger partial charge in [-0.1, -0.05) is 50.2 Å². The predicted molar refractivity (Wildman–Crippen MR) is 114 cm³/mol. The van der Waals surface area contributed by atoms with E-state index >= 15 is 0 Å². The van der Waals surface area contributed by atoms with Gasteiger partial charge in [0.2, 0.25) is 11.8 Å². The highest BCUT2D eigenvalue weighted by Crippen LogP contribution is 2.31. The fraction of sp³-hybridized carbons (Fsp3) is 0.417. The minimum absolute atomic E-state index is 0.0168. The lowest BCUT2D eigenvalue weighted by molar-refractivity contribution is -0.125. The summed E-state index contributed by atoms with van der Waals surface area (Å²) in [6.45, 7) is 4.18. The highest BCUT2D eigenvalue weighted by atomic mass is 16.2. The topological polar surface area (TPSA) is 58.2 Å². The van der Waals surface area contributed by atoms with Gasteiger partial charge in [-0.05, 0) is 61.8 Å². The summed E-state index contributed by atoms with van der Waals surface area (Å²) in [6, 6.07) is 15.9. The highest BCUT2D eigenvalue weighted by Gasteiger charge is 2.30. The number of aryl methyl sites for hydroxylation is 2.